The molecule has 1 aliphatic heterocycles. The van der Waals surface area contributed by atoms with Gasteiger partial charge in [0.1, 0.15) is 18.2 Å². The van der Waals surface area contributed by atoms with Crippen molar-refractivity contribution < 1.29 is 23.9 Å². The SMILES string of the molecule is NCC1OB(O)c2c(OCCO)ccc(F)c21. The van der Waals surface area contributed by atoms with E-state index in [1.807, 2.05) is 0 Å². The van der Waals surface area contributed by atoms with Gasteiger partial charge in [0.2, 0.25) is 0 Å². The van der Waals surface area contributed by atoms with Crippen LogP contribution in [0.1, 0.15) is 11.7 Å². The number of rotatable bonds is 4. The van der Waals surface area contributed by atoms with Crippen LogP contribution in [0.2, 0.25) is 0 Å². The lowest BCUT2D eigenvalue weighted by atomic mass is 9.78. The molecule has 1 aliphatic rings. The summed E-state index contributed by atoms with van der Waals surface area (Å²) in [5, 5.41) is 18.4. The quantitative estimate of drug-likeness (QED) is 0.583. The third kappa shape index (κ3) is 2.14. The number of hydrogen-bond acceptors (Lipinski definition) is 5. The molecule has 0 bridgehead atoms. The summed E-state index contributed by atoms with van der Waals surface area (Å²) in [4.78, 5) is 0. The third-order valence-electron chi connectivity index (χ3n) is 2.62. The summed E-state index contributed by atoms with van der Waals surface area (Å²) in [7, 11) is -1.25. The summed E-state index contributed by atoms with van der Waals surface area (Å²) in [5.41, 5.74) is 5.94. The number of nitrogens with two attached hydrogens (primary N) is 1. The summed E-state index contributed by atoms with van der Waals surface area (Å²) < 4.78 is 24.0. The second-order valence-electron chi connectivity index (χ2n) is 3.66. The number of benzene rings is 1. The maximum absolute atomic E-state index is 13.7. The van der Waals surface area contributed by atoms with Crippen molar-refractivity contribution in [1.82, 2.24) is 0 Å². The maximum Gasteiger partial charge on any atom is 0.495 e. The average Bonchev–Trinajstić information content (AvgIpc) is 2.67. The van der Waals surface area contributed by atoms with Crippen LogP contribution in [0.5, 0.6) is 5.75 Å². The van der Waals surface area contributed by atoms with E-state index in [9.17, 15) is 9.41 Å². The lowest BCUT2D eigenvalue weighted by Gasteiger charge is -2.11. The van der Waals surface area contributed by atoms with E-state index in [0.717, 1.165) is 0 Å². The standard InChI is InChI=1S/C10H13BFNO4/c12-6-1-2-7(16-4-3-14)10-9(6)8(5-13)17-11(10)15/h1-2,8,14-15H,3-5,13H2. The fourth-order valence-corrected chi connectivity index (χ4v) is 1.92. The molecule has 17 heavy (non-hydrogen) atoms. The second-order valence-corrected chi connectivity index (χ2v) is 3.66. The van der Waals surface area contributed by atoms with Crippen LogP contribution in [0.3, 0.4) is 0 Å². The Hall–Kier alpha value is -1.15. The Bertz CT molecular complexity index is 418. The topological polar surface area (TPSA) is 84.9 Å². The smallest absolute Gasteiger partial charge is 0.492 e. The summed E-state index contributed by atoms with van der Waals surface area (Å²) in [6.45, 7) is -0.0219. The van der Waals surface area contributed by atoms with Crippen molar-refractivity contribution in [3.63, 3.8) is 0 Å². The van der Waals surface area contributed by atoms with Gasteiger partial charge in [-0.2, -0.15) is 0 Å². The van der Waals surface area contributed by atoms with E-state index < -0.39 is 19.0 Å². The first-order valence-electron chi connectivity index (χ1n) is 5.28. The van der Waals surface area contributed by atoms with Crippen LogP contribution in [0, 0.1) is 5.82 Å². The van der Waals surface area contributed by atoms with Crippen molar-refractivity contribution in [2.75, 3.05) is 19.8 Å². The fraction of sp³-hybridized carbons (Fsp3) is 0.400. The van der Waals surface area contributed by atoms with Gasteiger partial charge in [0.15, 0.2) is 0 Å². The Kier molecular flexibility index (Phi) is 3.63. The van der Waals surface area contributed by atoms with Gasteiger partial charge in [0.25, 0.3) is 0 Å². The predicted octanol–water partition coefficient (Wildman–Crippen LogP) is -1.09. The minimum Gasteiger partial charge on any atom is -0.492 e. The fourth-order valence-electron chi connectivity index (χ4n) is 1.92. The van der Waals surface area contributed by atoms with E-state index in [2.05, 4.69) is 0 Å². The molecule has 92 valence electrons. The lowest BCUT2D eigenvalue weighted by molar-refractivity contribution is 0.194. The summed E-state index contributed by atoms with van der Waals surface area (Å²) in [6.07, 6.45) is -0.669. The number of aliphatic hydroxyl groups excluding tert-OH is 1. The van der Waals surface area contributed by atoms with Gasteiger partial charge in [-0.3, -0.25) is 0 Å². The highest BCUT2D eigenvalue weighted by molar-refractivity contribution is 6.62. The molecule has 4 N–H and O–H groups in total. The third-order valence-corrected chi connectivity index (χ3v) is 2.62. The van der Waals surface area contributed by atoms with Crippen LogP contribution in [0.15, 0.2) is 12.1 Å². The molecular weight excluding hydrogens is 228 g/mol. The minimum atomic E-state index is -1.25. The highest BCUT2D eigenvalue weighted by Crippen LogP contribution is 2.29. The summed E-state index contributed by atoms with van der Waals surface area (Å²) >= 11 is 0. The van der Waals surface area contributed by atoms with Gasteiger partial charge in [-0.05, 0) is 12.1 Å². The minimum absolute atomic E-state index is 0.0675. The van der Waals surface area contributed by atoms with E-state index in [1.165, 1.54) is 12.1 Å². The zero-order valence-electron chi connectivity index (χ0n) is 9.10. The molecule has 0 saturated carbocycles. The number of aliphatic hydroxyl groups is 1. The van der Waals surface area contributed by atoms with Gasteiger partial charge in [-0.25, -0.2) is 4.39 Å². The molecule has 1 heterocycles. The van der Waals surface area contributed by atoms with E-state index in [0.29, 0.717) is 5.75 Å². The normalized spacial score (nSPS) is 18.4. The van der Waals surface area contributed by atoms with Crippen molar-refractivity contribution in [3.8, 4) is 5.75 Å². The molecule has 1 unspecified atom stereocenters. The number of hydrogen-bond donors (Lipinski definition) is 3. The molecule has 1 aromatic carbocycles. The molecule has 1 atom stereocenters. The Labute approximate surface area is 98.1 Å². The lowest BCUT2D eigenvalue weighted by Crippen LogP contribution is -2.30. The highest BCUT2D eigenvalue weighted by Gasteiger charge is 2.39. The van der Waals surface area contributed by atoms with Crippen LogP contribution in [-0.2, 0) is 4.65 Å². The van der Waals surface area contributed by atoms with Gasteiger partial charge in [-0.1, -0.05) is 0 Å². The van der Waals surface area contributed by atoms with Gasteiger partial charge in [-0.15, -0.1) is 0 Å². The molecule has 0 aliphatic carbocycles. The molecule has 7 heteroatoms. The molecule has 0 aromatic heterocycles. The molecule has 2 rings (SSSR count). The molecular formula is C10H13BFNO4. The van der Waals surface area contributed by atoms with E-state index in [1.54, 1.807) is 0 Å². The van der Waals surface area contributed by atoms with Crippen LogP contribution in [0.25, 0.3) is 0 Å². The maximum atomic E-state index is 13.7. The van der Waals surface area contributed by atoms with Crippen molar-refractivity contribution >= 4 is 12.6 Å². The predicted molar refractivity (Wildman–Crippen MR) is 59.5 cm³/mol. The summed E-state index contributed by atoms with van der Waals surface area (Å²) in [5.74, 6) is -0.178. The largest absolute Gasteiger partial charge is 0.495 e. The second kappa shape index (κ2) is 5.01. The van der Waals surface area contributed by atoms with Crippen molar-refractivity contribution in [3.05, 3.63) is 23.5 Å². The number of fused-ring (bicyclic) bond motifs is 1. The molecule has 0 fully saturated rings. The van der Waals surface area contributed by atoms with Crippen molar-refractivity contribution in [2.24, 2.45) is 5.73 Å². The van der Waals surface area contributed by atoms with Crippen molar-refractivity contribution in [2.45, 2.75) is 6.10 Å². The van der Waals surface area contributed by atoms with Gasteiger partial charge < -0.3 is 25.3 Å². The van der Waals surface area contributed by atoms with Crippen LogP contribution in [0.4, 0.5) is 4.39 Å². The Morgan fingerprint density at radius 2 is 2.29 bits per heavy atom. The Morgan fingerprint density at radius 3 is 2.94 bits per heavy atom. The molecule has 0 radical (unpaired) electrons. The van der Waals surface area contributed by atoms with Crippen LogP contribution >= 0.6 is 0 Å². The number of ether oxygens (including phenoxy) is 1. The molecule has 1 aromatic rings. The van der Waals surface area contributed by atoms with E-state index in [-0.39, 0.29) is 30.8 Å². The molecule has 0 amide bonds. The Balaban J connectivity index is 2.42. The molecule has 0 saturated heterocycles. The summed E-state index contributed by atoms with van der Waals surface area (Å²) in [6, 6.07) is 2.63. The molecule has 5 nitrogen and oxygen atoms in total. The van der Waals surface area contributed by atoms with Crippen LogP contribution < -0.4 is 15.9 Å². The zero-order chi connectivity index (χ0) is 12.4. The number of halogens is 1. The first-order chi connectivity index (χ1) is 8.19. The van der Waals surface area contributed by atoms with Crippen molar-refractivity contribution in [1.29, 1.82) is 0 Å². The van der Waals surface area contributed by atoms with Gasteiger partial charge >= 0.3 is 7.12 Å². The first kappa shape index (κ1) is 12.3. The van der Waals surface area contributed by atoms with Crippen LogP contribution in [-0.4, -0.2) is 37.0 Å². The zero-order valence-corrected chi connectivity index (χ0v) is 9.10. The average molecular weight is 241 g/mol. The van der Waals surface area contributed by atoms with Gasteiger partial charge in [0, 0.05) is 17.6 Å². The van der Waals surface area contributed by atoms with E-state index in [4.69, 9.17) is 20.2 Å². The van der Waals surface area contributed by atoms with E-state index >= 15 is 0 Å². The monoisotopic (exact) mass is 241 g/mol. The van der Waals surface area contributed by atoms with Gasteiger partial charge in [0.05, 0.1) is 12.7 Å². The Morgan fingerprint density at radius 1 is 1.53 bits per heavy atom. The molecule has 0 spiro atoms. The highest BCUT2D eigenvalue weighted by atomic mass is 19.1. The first-order valence-corrected chi connectivity index (χ1v) is 5.28.